The lowest BCUT2D eigenvalue weighted by molar-refractivity contribution is -0.118. The predicted octanol–water partition coefficient (Wildman–Crippen LogP) is 4.84. The van der Waals surface area contributed by atoms with E-state index < -0.39 is 11.8 Å². The summed E-state index contributed by atoms with van der Waals surface area (Å²) in [6.45, 7) is 0.644. The van der Waals surface area contributed by atoms with Gasteiger partial charge in [-0.2, -0.15) is 0 Å². The molecule has 5 heteroatoms. The van der Waals surface area contributed by atoms with Gasteiger partial charge < -0.3 is 15.0 Å². The van der Waals surface area contributed by atoms with Gasteiger partial charge >= 0.3 is 0 Å². The van der Waals surface area contributed by atoms with E-state index in [9.17, 15) is 9.18 Å². The third kappa shape index (κ3) is 3.92. The van der Waals surface area contributed by atoms with Crippen LogP contribution < -0.4 is 10.5 Å². The van der Waals surface area contributed by atoms with Gasteiger partial charge in [0.05, 0.1) is 7.11 Å². The number of nitrogens with two attached hydrogens (primary N) is 1. The molecule has 0 aliphatic rings. The SMILES string of the molecule is COc1ccc(Cn2cc([C@H](CC(N)=O)c3ccccc3F)c3ccccc32)cc1. The topological polar surface area (TPSA) is 57.2 Å². The zero-order chi connectivity index (χ0) is 21.1. The van der Waals surface area contributed by atoms with Crippen molar-refractivity contribution in [3.05, 3.63) is 102 Å². The molecule has 1 heterocycles. The Morgan fingerprint density at radius 1 is 1.00 bits per heavy atom. The minimum atomic E-state index is -0.463. The number of nitrogens with zero attached hydrogens (tertiary/aromatic N) is 1. The summed E-state index contributed by atoms with van der Waals surface area (Å²) in [6.07, 6.45) is 2.05. The number of methoxy groups -OCH3 is 1. The molecule has 0 saturated carbocycles. The summed E-state index contributed by atoms with van der Waals surface area (Å²) in [4.78, 5) is 11.8. The monoisotopic (exact) mass is 402 g/mol. The molecule has 3 aromatic carbocycles. The number of carbonyl (C=O) groups excluding carboxylic acids is 1. The van der Waals surface area contributed by atoms with Crippen molar-refractivity contribution in [1.29, 1.82) is 0 Å². The number of hydrogen-bond acceptors (Lipinski definition) is 2. The number of para-hydroxylation sites is 1. The maximum absolute atomic E-state index is 14.6. The molecule has 30 heavy (non-hydrogen) atoms. The number of carbonyl (C=O) groups is 1. The van der Waals surface area contributed by atoms with Crippen molar-refractivity contribution in [3.63, 3.8) is 0 Å². The van der Waals surface area contributed by atoms with Crippen LogP contribution in [-0.2, 0) is 11.3 Å². The molecule has 152 valence electrons. The number of benzene rings is 3. The zero-order valence-electron chi connectivity index (χ0n) is 16.7. The van der Waals surface area contributed by atoms with Gasteiger partial charge in [-0.3, -0.25) is 4.79 Å². The summed E-state index contributed by atoms with van der Waals surface area (Å²) < 4.78 is 22.0. The molecule has 0 radical (unpaired) electrons. The van der Waals surface area contributed by atoms with E-state index in [1.807, 2.05) is 54.7 Å². The minimum Gasteiger partial charge on any atom is -0.497 e. The van der Waals surface area contributed by atoms with Crippen LogP contribution in [0.15, 0.2) is 79.0 Å². The second-order valence-corrected chi connectivity index (χ2v) is 7.32. The van der Waals surface area contributed by atoms with E-state index >= 15 is 0 Å². The van der Waals surface area contributed by atoms with Gasteiger partial charge in [0.1, 0.15) is 11.6 Å². The molecule has 4 nitrogen and oxygen atoms in total. The number of aromatic nitrogens is 1. The van der Waals surface area contributed by atoms with Crippen molar-refractivity contribution in [3.8, 4) is 5.75 Å². The molecule has 0 aliphatic carbocycles. The Bertz CT molecular complexity index is 1180. The van der Waals surface area contributed by atoms with Crippen LogP contribution >= 0.6 is 0 Å². The van der Waals surface area contributed by atoms with Gasteiger partial charge in [-0.25, -0.2) is 4.39 Å². The summed E-state index contributed by atoms with van der Waals surface area (Å²) in [5, 5.41) is 0.987. The van der Waals surface area contributed by atoms with Crippen molar-refractivity contribution < 1.29 is 13.9 Å². The van der Waals surface area contributed by atoms with Crippen LogP contribution in [-0.4, -0.2) is 17.6 Å². The van der Waals surface area contributed by atoms with E-state index in [0.29, 0.717) is 12.1 Å². The normalized spacial score (nSPS) is 12.1. The van der Waals surface area contributed by atoms with Gasteiger partial charge in [0.15, 0.2) is 0 Å². The van der Waals surface area contributed by atoms with Crippen LogP contribution in [0.3, 0.4) is 0 Å². The number of rotatable bonds is 7. The fourth-order valence-corrected chi connectivity index (χ4v) is 3.96. The Morgan fingerprint density at radius 2 is 1.70 bits per heavy atom. The fourth-order valence-electron chi connectivity index (χ4n) is 3.96. The van der Waals surface area contributed by atoms with E-state index in [1.54, 1.807) is 25.3 Å². The van der Waals surface area contributed by atoms with Crippen LogP contribution in [0.2, 0.25) is 0 Å². The van der Waals surface area contributed by atoms with E-state index in [1.165, 1.54) is 6.07 Å². The van der Waals surface area contributed by atoms with Gasteiger partial charge in [-0.15, -0.1) is 0 Å². The maximum Gasteiger partial charge on any atom is 0.218 e. The first kappa shape index (κ1) is 19.7. The van der Waals surface area contributed by atoms with E-state index in [4.69, 9.17) is 10.5 Å². The largest absolute Gasteiger partial charge is 0.497 e. The summed E-state index contributed by atoms with van der Waals surface area (Å²) in [6, 6.07) is 22.4. The van der Waals surface area contributed by atoms with E-state index in [0.717, 1.165) is 27.8 Å². The van der Waals surface area contributed by atoms with Crippen molar-refractivity contribution >= 4 is 16.8 Å². The number of hydrogen-bond donors (Lipinski definition) is 1. The molecule has 0 aliphatic heterocycles. The minimum absolute atomic E-state index is 0.0392. The highest BCUT2D eigenvalue weighted by atomic mass is 19.1. The smallest absolute Gasteiger partial charge is 0.218 e. The van der Waals surface area contributed by atoms with Gasteiger partial charge in [-0.05, 0) is 41.0 Å². The molecule has 0 fully saturated rings. The van der Waals surface area contributed by atoms with Crippen molar-refractivity contribution in [2.75, 3.05) is 7.11 Å². The van der Waals surface area contributed by atoms with Crippen molar-refractivity contribution in [2.24, 2.45) is 5.73 Å². The van der Waals surface area contributed by atoms with E-state index in [2.05, 4.69) is 4.57 Å². The number of fused-ring (bicyclic) bond motifs is 1. The van der Waals surface area contributed by atoms with Crippen LogP contribution in [0.25, 0.3) is 10.9 Å². The quantitative estimate of drug-likeness (QED) is 0.481. The Labute approximate surface area is 174 Å². The summed E-state index contributed by atoms with van der Waals surface area (Å²) >= 11 is 0. The molecule has 0 bridgehead atoms. The molecule has 1 amide bonds. The Hall–Kier alpha value is -3.60. The molecule has 4 aromatic rings. The molecule has 0 unspecified atom stereocenters. The molecular formula is C25H23FN2O2. The van der Waals surface area contributed by atoms with Crippen LogP contribution in [0, 0.1) is 5.82 Å². The highest BCUT2D eigenvalue weighted by molar-refractivity contribution is 5.86. The average Bonchev–Trinajstić information content (AvgIpc) is 3.11. The lowest BCUT2D eigenvalue weighted by Crippen LogP contribution is -2.17. The molecular weight excluding hydrogens is 379 g/mol. The molecule has 0 saturated heterocycles. The zero-order valence-corrected chi connectivity index (χ0v) is 16.7. The number of ether oxygens (including phenoxy) is 1. The van der Waals surface area contributed by atoms with Crippen LogP contribution in [0.4, 0.5) is 4.39 Å². The third-order valence-corrected chi connectivity index (χ3v) is 5.39. The lowest BCUT2D eigenvalue weighted by atomic mass is 9.87. The van der Waals surface area contributed by atoms with Crippen molar-refractivity contribution in [1.82, 2.24) is 4.57 Å². The first-order chi connectivity index (χ1) is 14.6. The third-order valence-electron chi connectivity index (χ3n) is 5.39. The van der Waals surface area contributed by atoms with Gasteiger partial charge in [-0.1, -0.05) is 48.5 Å². The molecule has 0 spiro atoms. The summed E-state index contributed by atoms with van der Waals surface area (Å²) in [5.41, 5.74) is 9.04. The average molecular weight is 402 g/mol. The van der Waals surface area contributed by atoms with Crippen LogP contribution in [0.5, 0.6) is 5.75 Å². The number of halogens is 1. The second kappa shape index (κ2) is 8.41. The molecule has 1 atom stereocenters. The Balaban J connectivity index is 1.81. The second-order valence-electron chi connectivity index (χ2n) is 7.32. The maximum atomic E-state index is 14.6. The highest BCUT2D eigenvalue weighted by Crippen LogP contribution is 2.36. The van der Waals surface area contributed by atoms with Gasteiger partial charge in [0.2, 0.25) is 5.91 Å². The molecule has 4 rings (SSSR count). The van der Waals surface area contributed by atoms with Crippen LogP contribution in [0.1, 0.15) is 29.0 Å². The molecule has 1 aromatic heterocycles. The standard InChI is InChI=1S/C25H23FN2O2/c1-30-18-12-10-17(11-13-18)15-28-16-22(20-7-3-5-9-24(20)28)21(14-25(27)29)19-6-2-4-8-23(19)26/h2-13,16,21H,14-15H2,1H3,(H2,27,29)/t21-/m1/s1. The Kier molecular flexibility index (Phi) is 5.53. The molecule has 2 N–H and O–H groups in total. The first-order valence-electron chi connectivity index (χ1n) is 9.80. The summed E-state index contributed by atoms with van der Waals surface area (Å²) in [7, 11) is 1.64. The van der Waals surface area contributed by atoms with Gasteiger partial charge in [0, 0.05) is 36.0 Å². The fraction of sp³-hybridized carbons (Fsp3) is 0.160. The predicted molar refractivity (Wildman–Crippen MR) is 116 cm³/mol. The van der Waals surface area contributed by atoms with Crippen molar-refractivity contribution in [2.45, 2.75) is 18.9 Å². The number of amides is 1. The van der Waals surface area contributed by atoms with E-state index in [-0.39, 0.29) is 12.2 Å². The lowest BCUT2D eigenvalue weighted by Gasteiger charge is -2.16. The van der Waals surface area contributed by atoms with Gasteiger partial charge in [0.25, 0.3) is 0 Å². The first-order valence-corrected chi connectivity index (χ1v) is 9.80. The number of primary amides is 1. The summed E-state index contributed by atoms with van der Waals surface area (Å²) in [5.74, 6) is -0.449. The highest BCUT2D eigenvalue weighted by Gasteiger charge is 2.24. The Morgan fingerprint density at radius 3 is 2.40 bits per heavy atom.